The van der Waals surface area contributed by atoms with E-state index in [-0.39, 0.29) is 6.04 Å². The van der Waals surface area contributed by atoms with E-state index >= 15 is 0 Å². The van der Waals surface area contributed by atoms with Crippen LogP contribution in [0.15, 0.2) is 48.5 Å². The molecule has 2 rings (SSSR count). The summed E-state index contributed by atoms with van der Waals surface area (Å²) in [6, 6.07) is 13.5. The van der Waals surface area contributed by atoms with Crippen molar-refractivity contribution in [2.75, 3.05) is 13.7 Å². The maximum atomic E-state index is 12.7. The van der Waals surface area contributed by atoms with Crippen molar-refractivity contribution in [3.63, 3.8) is 0 Å². The van der Waals surface area contributed by atoms with E-state index in [0.29, 0.717) is 12.0 Å². The zero-order valence-corrected chi connectivity index (χ0v) is 13.9. The average Bonchev–Trinajstić information content (AvgIpc) is 2.55. The van der Waals surface area contributed by atoms with Gasteiger partial charge in [-0.25, -0.2) is 0 Å². The molecule has 2 nitrogen and oxygen atoms in total. The van der Waals surface area contributed by atoms with Gasteiger partial charge in [0.05, 0.1) is 12.7 Å². The molecule has 5 heteroatoms. The minimum atomic E-state index is -4.29. The average molecular weight is 337 g/mol. The van der Waals surface area contributed by atoms with Crippen LogP contribution in [0.25, 0.3) is 0 Å². The van der Waals surface area contributed by atoms with E-state index in [1.807, 2.05) is 31.2 Å². The summed E-state index contributed by atoms with van der Waals surface area (Å²) in [5.74, 6) is 0.824. The minimum absolute atomic E-state index is 0.103. The van der Waals surface area contributed by atoms with Crippen molar-refractivity contribution >= 4 is 0 Å². The lowest BCUT2D eigenvalue weighted by Crippen LogP contribution is -2.30. The Bertz CT molecular complexity index is 638. The van der Waals surface area contributed by atoms with E-state index in [4.69, 9.17) is 4.74 Å². The van der Waals surface area contributed by atoms with Crippen LogP contribution in [0, 0.1) is 0 Å². The first kappa shape index (κ1) is 18.3. The molecule has 0 saturated carbocycles. The minimum Gasteiger partial charge on any atom is -0.497 e. The highest BCUT2D eigenvalue weighted by Gasteiger charge is 2.30. The molecular formula is C19H22F3NO. The lowest BCUT2D eigenvalue weighted by molar-refractivity contribution is -0.137. The van der Waals surface area contributed by atoms with Crippen LogP contribution in [0.3, 0.4) is 0 Å². The largest absolute Gasteiger partial charge is 0.497 e. The molecule has 0 heterocycles. The first-order chi connectivity index (χ1) is 11.4. The summed E-state index contributed by atoms with van der Waals surface area (Å²) >= 11 is 0. The molecule has 1 N–H and O–H groups in total. The molecule has 0 aliphatic rings. The van der Waals surface area contributed by atoms with Crippen LogP contribution in [0.4, 0.5) is 13.2 Å². The number of halogens is 3. The van der Waals surface area contributed by atoms with Gasteiger partial charge in [0.1, 0.15) is 5.75 Å². The van der Waals surface area contributed by atoms with Crippen LogP contribution < -0.4 is 10.1 Å². The monoisotopic (exact) mass is 337 g/mol. The quantitative estimate of drug-likeness (QED) is 0.804. The Balaban J connectivity index is 1.81. The third kappa shape index (κ3) is 5.57. The zero-order chi connectivity index (χ0) is 17.6. The maximum Gasteiger partial charge on any atom is 0.416 e. The number of hydrogen-bond donors (Lipinski definition) is 1. The predicted molar refractivity (Wildman–Crippen MR) is 89.3 cm³/mol. The van der Waals surface area contributed by atoms with Gasteiger partial charge in [-0.05, 0) is 55.6 Å². The van der Waals surface area contributed by atoms with E-state index in [9.17, 15) is 13.2 Å². The molecule has 0 aromatic heterocycles. The molecule has 0 aliphatic heterocycles. The van der Waals surface area contributed by atoms with Crippen molar-refractivity contribution in [2.24, 2.45) is 0 Å². The molecule has 0 radical (unpaired) electrons. The van der Waals surface area contributed by atoms with Gasteiger partial charge >= 0.3 is 6.18 Å². The number of hydrogen-bond acceptors (Lipinski definition) is 2. The number of nitrogens with one attached hydrogen (secondary N) is 1. The van der Waals surface area contributed by atoms with Crippen LogP contribution in [0.1, 0.15) is 23.6 Å². The molecule has 0 fully saturated rings. The first-order valence-electron chi connectivity index (χ1n) is 7.91. The molecular weight excluding hydrogens is 315 g/mol. The van der Waals surface area contributed by atoms with E-state index in [1.54, 1.807) is 13.2 Å². The number of alkyl halides is 3. The summed E-state index contributed by atoms with van der Waals surface area (Å²) < 4.78 is 43.3. The van der Waals surface area contributed by atoms with Crippen LogP contribution in [-0.4, -0.2) is 19.7 Å². The molecule has 0 bridgehead atoms. The summed E-state index contributed by atoms with van der Waals surface area (Å²) in [5, 5.41) is 3.35. The van der Waals surface area contributed by atoms with Gasteiger partial charge in [-0.1, -0.05) is 30.3 Å². The van der Waals surface area contributed by atoms with Crippen LogP contribution >= 0.6 is 0 Å². The standard InChI is InChI=1S/C19H22F3NO/c1-14(12-16-4-3-5-17(13-16)19(20,21)22)23-11-10-15-6-8-18(24-2)9-7-15/h3-9,13-14,23H,10-12H2,1-2H3. The van der Waals surface area contributed by atoms with E-state index in [1.165, 1.54) is 17.7 Å². The van der Waals surface area contributed by atoms with E-state index < -0.39 is 11.7 Å². The molecule has 24 heavy (non-hydrogen) atoms. The fourth-order valence-electron chi connectivity index (χ4n) is 2.56. The summed E-state index contributed by atoms with van der Waals surface area (Å²) in [6.07, 6.45) is -2.87. The first-order valence-corrected chi connectivity index (χ1v) is 7.91. The topological polar surface area (TPSA) is 21.3 Å². The Morgan fingerprint density at radius 3 is 2.38 bits per heavy atom. The second-order valence-corrected chi connectivity index (χ2v) is 5.86. The summed E-state index contributed by atoms with van der Waals surface area (Å²) in [5.41, 5.74) is 1.29. The smallest absolute Gasteiger partial charge is 0.416 e. The number of ether oxygens (including phenoxy) is 1. The SMILES string of the molecule is COc1ccc(CCNC(C)Cc2cccc(C(F)(F)F)c2)cc1. The highest BCUT2D eigenvalue weighted by Crippen LogP contribution is 2.29. The Hall–Kier alpha value is -2.01. The number of rotatable bonds is 7. The number of benzene rings is 2. The second-order valence-electron chi connectivity index (χ2n) is 5.86. The van der Waals surface area contributed by atoms with Crippen molar-refractivity contribution in [1.29, 1.82) is 0 Å². The molecule has 0 amide bonds. The van der Waals surface area contributed by atoms with E-state index in [0.717, 1.165) is 24.8 Å². The van der Waals surface area contributed by atoms with Crippen molar-refractivity contribution in [1.82, 2.24) is 5.32 Å². The number of methoxy groups -OCH3 is 1. The third-order valence-corrected chi connectivity index (χ3v) is 3.86. The fourth-order valence-corrected chi connectivity index (χ4v) is 2.56. The molecule has 1 atom stereocenters. The van der Waals surface area contributed by atoms with E-state index in [2.05, 4.69) is 5.32 Å². The Morgan fingerprint density at radius 1 is 1.04 bits per heavy atom. The van der Waals surface area contributed by atoms with Gasteiger partial charge in [0.15, 0.2) is 0 Å². The summed E-state index contributed by atoms with van der Waals surface area (Å²) in [6.45, 7) is 2.75. The van der Waals surface area contributed by atoms with Crippen LogP contribution in [0.5, 0.6) is 5.75 Å². The van der Waals surface area contributed by atoms with Gasteiger partial charge in [-0.3, -0.25) is 0 Å². The Morgan fingerprint density at radius 2 is 1.75 bits per heavy atom. The normalized spacial score (nSPS) is 12.9. The van der Waals surface area contributed by atoms with Gasteiger partial charge in [0, 0.05) is 6.04 Å². The molecule has 0 spiro atoms. The fraction of sp³-hybridized carbons (Fsp3) is 0.368. The lowest BCUT2D eigenvalue weighted by atomic mass is 10.0. The molecule has 0 saturated heterocycles. The molecule has 2 aromatic rings. The molecule has 130 valence electrons. The third-order valence-electron chi connectivity index (χ3n) is 3.86. The zero-order valence-electron chi connectivity index (χ0n) is 13.9. The highest BCUT2D eigenvalue weighted by atomic mass is 19.4. The molecule has 2 aromatic carbocycles. The molecule has 0 aliphatic carbocycles. The van der Waals surface area contributed by atoms with Gasteiger partial charge < -0.3 is 10.1 Å². The summed E-state index contributed by atoms with van der Waals surface area (Å²) in [7, 11) is 1.63. The lowest BCUT2D eigenvalue weighted by Gasteiger charge is -2.15. The van der Waals surface area contributed by atoms with Gasteiger partial charge in [0.2, 0.25) is 0 Å². The summed E-state index contributed by atoms with van der Waals surface area (Å²) in [4.78, 5) is 0. The van der Waals surface area contributed by atoms with Crippen LogP contribution in [0.2, 0.25) is 0 Å². The van der Waals surface area contributed by atoms with Gasteiger partial charge in [-0.15, -0.1) is 0 Å². The Kier molecular flexibility index (Phi) is 6.26. The van der Waals surface area contributed by atoms with Crippen molar-refractivity contribution in [2.45, 2.75) is 32.0 Å². The predicted octanol–water partition coefficient (Wildman–Crippen LogP) is 4.48. The van der Waals surface area contributed by atoms with Crippen molar-refractivity contribution in [3.8, 4) is 5.75 Å². The Labute approximate surface area is 140 Å². The second kappa shape index (κ2) is 8.20. The van der Waals surface area contributed by atoms with Crippen molar-refractivity contribution in [3.05, 3.63) is 65.2 Å². The highest BCUT2D eigenvalue weighted by molar-refractivity contribution is 5.28. The van der Waals surface area contributed by atoms with Gasteiger partial charge in [-0.2, -0.15) is 13.2 Å². The van der Waals surface area contributed by atoms with Crippen molar-refractivity contribution < 1.29 is 17.9 Å². The molecule has 1 unspecified atom stereocenters. The maximum absolute atomic E-state index is 12.7. The van der Waals surface area contributed by atoms with Crippen LogP contribution in [-0.2, 0) is 19.0 Å². The van der Waals surface area contributed by atoms with Gasteiger partial charge in [0.25, 0.3) is 0 Å².